The summed E-state index contributed by atoms with van der Waals surface area (Å²) in [7, 11) is 1.45. The molecule has 0 aromatic heterocycles. The van der Waals surface area contributed by atoms with E-state index in [2.05, 4.69) is 18.2 Å². The van der Waals surface area contributed by atoms with Crippen molar-refractivity contribution in [1.82, 2.24) is 0 Å². The smallest absolute Gasteiger partial charge is 0.306 e. The number of ether oxygens (including phenoxy) is 2. The molecule has 0 spiro atoms. The number of hydrogen-bond donors (Lipinski definition) is 0. The topological polar surface area (TPSA) is 35.5 Å². The minimum absolute atomic E-state index is 0.0378. The van der Waals surface area contributed by atoms with Crippen LogP contribution in [0.3, 0.4) is 0 Å². The zero-order chi connectivity index (χ0) is 22.9. The molecule has 4 heteroatoms. The van der Waals surface area contributed by atoms with Crippen LogP contribution in [0.1, 0.15) is 60.0 Å². The molecule has 0 N–H and O–H groups in total. The molecule has 0 saturated heterocycles. The standard InChI is InChI=1S/C29H29FO3/c1-18-3-13-26(30)25(15-18)20-6-8-21(9-7-20)27-14-12-22-10-11-23(16-28(22)33-27)24(19-4-5-19)17-29(31)32-2/h3,6-11,13,15-16,19,24,27H,4-5,12,14,17H2,1-2H3/t24-,27?/m0/s1. The lowest BCUT2D eigenvalue weighted by atomic mass is 9.88. The van der Waals surface area contributed by atoms with Gasteiger partial charge >= 0.3 is 5.97 Å². The van der Waals surface area contributed by atoms with Crippen LogP contribution < -0.4 is 4.74 Å². The Morgan fingerprint density at radius 2 is 1.85 bits per heavy atom. The lowest BCUT2D eigenvalue weighted by Crippen LogP contribution is -2.16. The van der Waals surface area contributed by atoms with Crippen molar-refractivity contribution in [2.45, 2.75) is 51.0 Å². The predicted molar refractivity (Wildman–Crippen MR) is 127 cm³/mol. The Kier molecular flexibility index (Phi) is 5.92. The van der Waals surface area contributed by atoms with Crippen molar-refractivity contribution < 1.29 is 18.7 Å². The van der Waals surface area contributed by atoms with E-state index in [9.17, 15) is 9.18 Å². The van der Waals surface area contributed by atoms with E-state index in [1.54, 1.807) is 6.07 Å². The van der Waals surface area contributed by atoms with E-state index < -0.39 is 0 Å². The van der Waals surface area contributed by atoms with Crippen LogP contribution in [0.4, 0.5) is 4.39 Å². The third kappa shape index (κ3) is 4.66. The van der Waals surface area contributed by atoms with Crippen molar-refractivity contribution in [3.63, 3.8) is 0 Å². The molecule has 1 saturated carbocycles. The quantitative estimate of drug-likeness (QED) is 0.387. The third-order valence-electron chi connectivity index (χ3n) is 6.99. The molecule has 1 unspecified atom stereocenters. The van der Waals surface area contributed by atoms with E-state index in [0.717, 1.165) is 53.7 Å². The van der Waals surface area contributed by atoms with Crippen LogP contribution in [0.2, 0.25) is 0 Å². The Labute approximate surface area is 194 Å². The van der Waals surface area contributed by atoms with E-state index in [4.69, 9.17) is 9.47 Å². The first-order valence-corrected chi connectivity index (χ1v) is 11.7. The van der Waals surface area contributed by atoms with Gasteiger partial charge in [-0.05, 0) is 84.9 Å². The minimum Gasteiger partial charge on any atom is -0.485 e. The number of aryl methyl sites for hydroxylation is 2. The Balaban J connectivity index is 1.36. The van der Waals surface area contributed by atoms with Gasteiger partial charge in [-0.3, -0.25) is 4.79 Å². The van der Waals surface area contributed by atoms with Gasteiger partial charge in [0.25, 0.3) is 0 Å². The SMILES string of the molecule is COC(=O)C[C@H](c1ccc2c(c1)OC(c1ccc(-c3cc(C)ccc3F)cc1)CC2)C1CC1. The number of rotatable bonds is 6. The molecule has 5 rings (SSSR count). The average Bonchev–Trinajstić information content (AvgIpc) is 3.68. The number of carbonyl (C=O) groups is 1. The summed E-state index contributed by atoms with van der Waals surface area (Å²) in [5, 5.41) is 0. The van der Waals surface area contributed by atoms with Crippen molar-refractivity contribution >= 4 is 5.97 Å². The maximum Gasteiger partial charge on any atom is 0.306 e. The molecule has 1 heterocycles. The second kappa shape index (κ2) is 9.01. The Morgan fingerprint density at radius 1 is 1.06 bits per heavy atom. The summed E-state index contributed by atoms with van der Waals surface area (Å²) in [6, 6.07) is 19.6. The first kappa shape index (κ1) is 21.7. The molecule has 2 aliphatic rings. The van der Waals surface area contributed by atoms with Gasteiger partial charge in [-0.15, -0.1) is 0 Å². The van der Waals surface area contributed by atoms with E-state index in [1.165, 1.54) is 18.7 Å². The van der Waals surface area contributed by atoms with Gasteiger partial charge in [0, 0.05) is 5.56 Å². The average molecular weight is 445 g/mol. The first-order chi connectivity index (χ1) is 16.0. The van der Waals surface area contributed by atoms with Crippen molar-refractivity contribution in [3.8, 4) is 16.9 Å². The second-order valence-electron chi connectivity index (χ2n) is 9.34. The maximum absolute atomic E-state index is 14.3. The Hall–Kier alpha value is -3.14. The summed E-state index contributed by atoms with van der Waals surface area (Å²) in [5.41, 5.74) is 5.99. The zero-order valence-corrected chi connectivity index (χ0v) is 19.1. The first-order valence-electron chi connectivity index (χ1n) is 11.7. The molecular formula is C29H29FO3. The van der Waals surface area contributed by atoms with E-state index in [0.29, 0.717) is 17.9 Å². The summed E-state index contributed by atoms with van der Waals surface area (Å²) in [4.78, 5) is 11.9. The van der Waals surface area contributed by atoms with Crippen LogP contribution in [0, 0.1) is 18.7 Å². The fourth-order valence-electron chi connectivity index (χ4n) is 4.91. The van der Waals surface area contributed by atoms with Crippen molar-refractivity contribution in [2.75, 3.05) is 7.11 Å². The molecule has 2 atom stereocenters. The summed E-state index contributed by atoms with van der Waals surface area (Å²) >= 11 is 0. The number of benzene rings is 3. The van der Waals surface area contributed by atoms with Crippen molar-refractivity contribution in [3.05, 3.63) is 88.7 Å². The van der Waals surface area contributed by atoms with Gasteiger partial charge in [0.1, 0.15) is 17.7 Å². The van der Waals surface area contributed by atoms with Crippen molar-refractivity contribution in [2.24, 2.45) is 5.92 Å². The predicted octanol–water partition coefficient (Wildman–Crippen LogP) is 6.92. The molecule has 1 aliphatic carbocycles. The number of carbonyl (C=O) groups excluding carboxylic acids is 1. The largest absolute Gasteiger partial charge is 0.485 e. The number of halogens is 1. The minimum atomic E-state index is -0.208. The van der Waals surface area contributed by atoms with Gasteiger partial charge in [-0.2, -0.15) is 0 Å². The summed E-state index contributed by atoms with van der Waals surface area (Å²) in [6.07, 6.45) is 4.55. The fourth-order valence-corrected chi connectivity index (χ4v) is 4.91. The summed E-state index contributed by atoms with van der Waals surface area (Å²) in [5.74, 6) is 1.29. The molecule has 1 fully saturated rings. The molecule has 3 aromatic rings. The number of hydrogen-bond acceptors (Lipinski definition) is 3. The zero-order valence-electron chi connectivity index (χ0n) is 19.1. The molecule has 3 nitrogen and oxygen atoms in total. The van der Waals surface area contributed by atoms with Crippen molar-refractivity contribution in [1.29, 1.82) is 0 Å². The lowest BCUT2D eigenvalue weighted by Gasteiger charge is -2.28. The number of fused-ring (bicyclic) bond motifs is 1. The second-order valence-corrected chi connectivity index (χ2v) is 9.34. The van der Waals surface area contributed by atoms with E-state index in [-0.39, 0.29) is 23.8 Å². The van der Waals surface area contributed by atoms with Crippen LogP contribution in [-0.2, 0) is 16.0 Å². The number of esters is 1. The van der Waals surface area contributed by atoms with Gasteiger partial charge in [-0.1, -0.05) is 48.0 Å². The highest BCUT2D eigenvalue weighted by atomic mass is 19.1. The Morgan fingerprint density at radius 3 is 2.58 bits per heavy atom. The van der Waals surface area contributed by atoms with Crippen LogP contribution in [0.25, 0.3) is 11.1 Å². The molecule has 33 heavy (non-hydrogen) atoms. The number of methoxy groups -OCH3 is 1. The van der Waals surface area contributed by atoms with Gasteiger partial charge < -0.3 is 9.47 Å². The molecular weight excluding hydrogens is 415 g/mol. The maximum atomic E-state index is 14.3. The fraction of sp³-hybridized carbons (Fsp3) is 0.345. The van der Waals surface area contributed by atoms with Gasteiger partial charge in [0.2, 0.25) is 0 Å². The summed E-state index contributed by atoms with van der Waals surface area (Å²) < 4.78 is 25.7. The highest BCUT2D eigenvalue weighted by molar-refractivity contribution is 5.70. The molecule has 0 amide bonds. The van der Waals surface area contributed by atoms with Crippen LogP contribution in [0.5, 0.6) is 5.75 Å². The highest BCUT2D eigenvalue weighted by Gasteiger charge is 2.35. The van der Waals surface area contributed by atoms with Crippen LogP contribution in [-0.4, -0.2) is 13.1 Å². The normalized spacial score (nSPS) is 18.2. The molecule has 0 bridgehead atoms. The van der Waals surface area contributed by atoms with Crippen LogP contribution in [0.15, 0.2) is 60.7 Å². The monoisotopic (exact) mass is 444 g/mol. The lowest BCUT2D eigenvalue weighted by molar-refractivity contribution is -0.141. The van der Waals surface area contributed by atoms with E-state index in [1.807, 2.05) is 37.3 Å². The van der Waals surface area contributed by atoms with Gasteiger partial charge in [-0.25, -0.2) is 4.39 Å². The Bertz CT molecular complexity index is 1160. The van der Waals surface area contributed by atoms with Gasteiger partial charge in [0.15, 0.2) is 0 Å². The molecule has 0 radical (unpaired) electrons. The molecule has 170 valence electrons. The van der Waals surface area contributed by atoms with E-state index >= 15 is 0 Å². The van der Waals surface area contributed by atoms with Gasteiger partial charge in [0.05, 0.1) is 13.5 Å². The third-order valence-corrected chi connectivity index (χ3v) is 6.99. The highest BCUT2D eigenvalue weighted by Crippen LogP contribution is 2.46. The molecule has 1 aliphatic heterocycles. The molecule has 3 aromatic carbocycles. The summed E-state index contributed by atoms with van der Waals surface area (Å²) in [6.45, 7) is 1.97. The van der Waals surface area contributed by atoms with Crippen LogP contribution >= 0.6 is 0 Å².